The molecule has 0 atom stereocenters. The number of carbonyl (C=O) groups is 1. The van der Waals surface area contributed by atoms with Gasteiger partial charge >= 0.3 is 0 Å². The topological polar surface area (TPSA) is 62.4 Å². The summed E-state index contributed by atoms with van der Waals surface area (Å²) in [5.41, 5.74) is 1.04. The predicted molar refractivity (Wildman–Crippen MR) is 120 cm³/mol. The van der Waals surface area contributed by atoms with Crippen molar-refractivity contribution in [3.05, 3.63) is 58.6 Å². The van der Waals surface area contributed by atoms with E-state index in [1.807, 2.05) is 24.3 Å². The van der Waals surface area contributed by atoms with Crippen LogP contribution >= 0.6 is 35.4 Å². The molecule has 0 radical (unpaired) electrons. The molecule has 2 bridgehead atoms. The number of amides is 1. The molecule has 3 fully saturated rings. The minimum Gasteiger partial charge on any atom is -0.484 e. The van der Waals surface area contributed by atoms with E-state index in [9.17, 15) is 4.79 Å². The fourth-order valence-electron chi connectivity index (χ4n) is 4.31. The Morgan fingerprint density at radius 2 is 1.59 bits per heavy atom. The minimum absolute atomic E-state index is 0.00370. The summed E-state index contributed by atoms with van der Waals surface area (Å²) in [5, 5.41) is 11.5. The summed E-state index contributed by atoms with van der Waals surface area (Å²) in [6.45, 7) is 0.801. The number of ether oxygens (including phenoxy) is 1. The van der Waals surface area contributed by atoms with Crippen LogP contribution in [0.15, 0.2) is 48.5 Å². The fourth-order valence-corrected chi connectivity index (χ4v) is 4.75. The average Bonchev–Trinajstić information content (AvgIpc) is 2.64. The standard InChI is InChI=1S/C21H21Cl2N3O2S/c22-14-1-5-16(6-2-14)25-19(29)24-13-20-10-21(11-20,12-20)26-18(27)9-28-17-7-3-15(23)4-8-17/h1-8H,9-13H2,(H,26,27)(H2,24,25,29). The van der Waals surface area contributed by atoms with Crippen LogP contribution in [0.25, 0.3) is 0 Å². The van der Waals surface area contributed by atoms with E-state index in [4.69, 9.17) is 40.2 Å². The number of nitrogens with one attached hydrogen (secondary N) is 3. The molecule has 8 heteroatoms. The lowest BCUT2D eigenvalue weighted by atomic mass is 9.39. The van der Waals surface area contributed by atoms with Crippen molar-refractivity contribution in [2.45, 2.75) is 24.8 Å². The molecular formula is C21H21Cl2N3O2S. The van der Waals surface area contributed by atoms with Gasteiger partial charge in [0.15, 0.2) is 11.7 Å². The Balaban J connectivity index is 1.15. The monoisotopic (exact) mass is 449 g/mol. The van der Waals surface area contributed by atoms with Crippen LogP contribution in [-0.4, -0.2) is 29.7 Å². The second-order valence-corrected chi connectivity index (χ2v) is 9.20. The van der Waals surface area contributed by atoms with Gasteiger partial charge in [-0.25, -0.2) is 0 Å². The summed E-state index contributed by atoms with van der Waals surface area (Å²) < 4.78 is 5.51. The van der Waals surface area contributed by atoms with Gasteiger partial charge in [-0.3, -0.25) is 4.79 Å². The minimum atomic E-state index is -0.0962. The lowest BCUT2D eigenvalue weighted by Gasteiger charge is -2.70. The highest BCUT2D eigenvalue weighted by atomic mass is 35.5. The molecule has 5 rings (SSSR count). The first-order chi connectivity index (χ1) is 13.9. The van der Waals surface area contributed by atoms with Crippen LogP contribution in [0.4, 0.5) is 5.69 Å². The first-order valence-corrected chi connectivity index (χ1v) is 10.5. The van der Waals surface area contributed by atoms with Crippen molar-refractivity contribution in [1.29, 1.82) is 0 Å². The van der Waals surface area contributed by atoms with Gasteiger partial charge in [0, 0.05) is 27.8 Å². The van der Waals surface area contributed by atoms with Crippen LogP contribution in [0.5, 0.6) is 5.75 Å². The quantitative estimate of drug-likeness (QED) is 0.546. The van der Waals surface area contributed by atoms with E-state index in [0.717, 1.165) is 31.5 Å². The summed E-state index contributed by atoms with van der Waals surface area (Å²) in [4.78, 5) is 12.2. The van der Waals surface area contributed by atoms with Gasteiger partial charge in [-0.05, 0) is 85.4 Å². The van der Waals surface area contributed by atoms with Gasteiger partial charge < -0.3 is 20.7 Å². The number of hydrogen-bond acceptors (Lipinski definition) is 3. The maximum absolute atomic E-state index is 12.2. The zero-order valence-corrected chi connectivity index (χ0v) is 18.0. The molecule has 0 heterocycles. The molecule has 3 N–H and O–H groups in total. The molecule has 0 saturated heterocycles. The number of halogens is 2. The van der Waals surface area contributed by atoms with E-state index in [-0.39, 0.29) is 23.5 Å². The van der Waals surface area contributed by atoms with E-state index in [0.29, 0.717) is 20.9 Å². The highest BCUT2D eigenvalue weighted by Crippen LogP contribution is 2.66. The van der Waals surface area contributed by atoms with Crippen LogP contribution in [-0.2, 0) is 4.79 Å². The highest BCUT2D eigenvalue weighted by molar-refractivity contribution is 7.80. The third-order valence-electron chi connectivity index (χ3n) is 5.45. The number of hydrogen-bond donors (Lipinski definition) is 3. The van der Waals surface area contributed by atoms with Crippen molar-refractivity contribution in [3.8, 4) is 5.75 Å². The fraction of sp³-hybridized carbons (Fsp3) is 0.333. The molecule has 3 aliphatic rings. The third-order valence-corrected chi connectivity index (χ3v) is 6.20. The second-order valence-electron chi connectivity index (χ2n) is 7.92. The summed E-state index contributed by atoms with van der Waals surface area (Å²) in [7, 11) is 0. The van der Waals surface area contributed by atoms with Crippen LogP contribution in [0.2, 0.25) is 10.0 Å². The van der Waals surface area contributed by atoms with Crippen molar-refractivity contribution in [3.63, 3.8) is 0 Å². The Morgan fingerprint density at radius 1 is 1.00 bits per heavy atom. The molecule has 0 unspecified atom stereocenters. The molecule has 3 saturated carbocycles. The maximum Gasteiger partial charge on any atom is 0.258 e. The van der Waals surface area contributed by atoms with E-state index < -0.39 is 0 Å². The Kier molecular flexibility index (Phi) is 5.60. The summed E-state index contributed by atoms with van der Waals surface area (Å²) in [5.74, 6) is 0.533. The molecule has 0 aliphatic heterocycles. The van der Waals surface area contributed by atoms with E-state index in [1.54, 1.807) is 24.3 Å². The summed E-state index contributed by atoms with van der Waals surface area (Å²) in [6, 6.07) is 14.4. The van der Waals surface area contributed by atoms with Crippen LogP contribution < -0.4 is 20.7 Å². The SMILES string of the molecule is O=C(COc1ccc(Cl)cc1)NC12CC(CNC(=S)Nc3ccc(Cl)cc3)(C1)C2. The van der Waals surface area contributed by atoms with Crippen molar-refractivity contribution in [1.82, 2.24) is 10.6 Å². The maximum atomic E-state index is 12.2. The van der Waals surface area contributed by atoms with Gasteiger partial charge in [0.25, 0.3) is 5.91 Å². The Hall–Kier alpha value is -2.02. The second kappa shape index (κ2) is 8.01. The van der Waals surface area contributed by atoms with Gasteiger partial charge in [0.1, 0.15) is 5.75 Å². The summed E-state index contributed by atoms with van der Waals surface area (Å²) >= 11 is 17.1. The number of benzene rings is 2. The molecule has 2 aromatic rings. The van der Waals surface area contributed by atoms with Gasteiger partial charge in [-0.15, -0.1) is 0 Å². The van der Waals surface area contributed by atoms with Gasteiger partial charge in [-0.1, -0.05) is 23.2 Å². The van der Waals surface area contributed by atoms with Gasteiger partial charge in [0.05, 0.1) is 0 Å². The molecule has 152 valence electrons. The van der Waals surface area contributed by atoms with Gasteiger partial charge in [-0.2, -0.15) is 0 Å². The van der Waals surface area contributed by atoms with Crippen molar-refractivity contribution >= 4 is 52.1 Å². The zero-order chi connectivity index (χ0) is 20.5. The molecule has 5 nitrogen and oxygen atoms in total. The Morgan fingerprint density at radius 3 is 2.21 bits per heavy atom. The number of rotatable bonds is 7. The average molecular weight is 450 g/mol. The zero-order valence-electron chi connectivity index (χ0n) is 15.6. The van der Waals surface area contributed by atoms with Gasteiger partial charge in [0.2, 0.25) is 0 Å². The highest BCUT2D eigenvalue weighted by Gasteiger charge is 2.68. The Bertz CT molecular complexity index is 899. The molecule has 0 aromatic heterocycles. The van der Waals surface area contributed by atoms with E-state index >= 15 is 0 Å². The smallest absolute Gasteiger partial charge is 0.258 e. The molecule has 2 aromatic carbocycles. The molecular weight excluding hydrogens is 429 g/mol. The first-order valence-electron chi connectivity index (χ1n) is 9.35. The van der Waals surface area contributed by atoms with E-state index in [2.05, 4.69) is 16.0 Å². The first kappa shape index (κ1) is 20.3. The lowest BCUT2D eigenvalue weighted by Crippen LogP contribution is -2.77. The van der Waals surface area contributed by atoms with Crippen LogP contribution in [0.1, 0.15) is 19.3 Å². The number of carbonyl (C=O) groups excluding carboxylic acids is 1. The largest absolute Gasteiger partial charge is 0.484 e. The predicted octanol–water partition coefficient (Wildman–Crippen LogP) is 4.40. The number of thiocarbonyl (C=S) groups is 1. The third kappa shape index (κ3) is 4.77. The Labute approximate surface area is 185 Å². The normalized spacial score (nSPS) is 23.9. The van der Waals surface area contributed by atoms with Crippen molar-refractivity contribution in [2.24, 2.45) is 5.41 Å². The van der Waals surface area contributed by atoms with E-state index in [1.165, 1.54) is 0 Å². The summed E-state index contributed by atoms with van der Waals surface area (Å²) in [6.07, 6.45) is 2.88. The van der Waals surface area contributed by atoms with Crippen molar-refractivity contribution < 1.29 is 9.53 Å². The molecule has 1 amide bonds. The van der Waals surface area contributed by atoms with Crippen LogP contribution in [0, 0.1) is 5.41 Å². The molecule has 29 heavy (non-hydrogen) atoms. The lowest BCUT2D eigenvalue weighted by molar-refractivity contribution is -0.163. The van der Waals surface area contributed by atoms with Crippen molar-refractivity contribution in [2.75, 3.05) is 18.5 Å². The number of anilines is 1. The molecule has 3 aliphatic carbocycles. The molecule has 0 spiro atoms. The van der Waals surface area contributed by atoms with Crippen LogP contribution in [0.3, 0.4) is 0 Å².